The van der Waals surface area contributed by atoms with Crippen LogP contribution in [0.15, 0.2) is 0 Å². The number of ether oxygens (including phenoxy) is 1. The second-order valence-electron chi connectivity index (χ2n) is 7.16. The van der Waals surface area contributed by atoms with Crippen molar-refractivity contribution in [2.45, 2.75) is 86.7 Å². The van der Waals surface area contributed by atoms with Crippen LogP contribution >= 0.6 is 0 Å². The molecule has 110 valence electrons. The van der Waals surface area contributed by atoms with Gasteiger partial charge in [0.1, 0.15) is 0 Å². The summed E-state index contributed by atoms with van der Waals surface area (Å²) < 4.78 is 6.20. The van der Waals surface area contributed by atoms with Crippen LogP contribution in [-0.2, 0) is 4.74 Å². The van der Waals surface area contributed by atoms with Gasteiger partial charge in [-0.1, -0.05) is 67.7 Å². The standard InChI is InChI=1S/C17H36O/c1-8-10-15(4)11-12-18-16(17(5,6)7)13-14(3)9-2/h14-16H,8-13H2,1-7H3. The van der Waals surface area contributed by atoms with Crippen molar-refractivity contribution in [3.8, 4) is 0 Å². The molecule has 18 heavy (non-hydrogen) atoms. The Morgan fingerprint density at radius 2 is 1.56 bits per heavy atom. The van der Waals surface area contributed by atoms with E-state index >= 15 is 0 Å². The van der Waals surface area contributed by atoms with E-state index in [4.69, 9.17) is 4.74 Å². The highest BCUT2D eigenvalue weighted by molar-refractivity contribution is 4.76. The van der Waals surface area contributed by atoms with Crippen LogP contribution in [0.2, 0.25) is 0 Å². The molecule has 0 rings (SSSR count). The lowest BCUT2D eigenvalue weighted by molar-refractivity contribution is -0.0355. The molecule has 0 aromatic rings. The van der Waals surface area contributed by atoms with E-state index in [-0.39, 0.29) is 5.41 Å². The third kappa shape index (κ3) is 8.13. The minimum absolute atomic E-state index is 0.261. The predicted molar refractivity (Wildman–Crippen MR) is 82.0 cm³/mol. The van der Waals surface area contributed by atoms with Crippen molar-refractivity contribution in [3.05, 3.63) is 0 Å². The fourth-order valence-electron chi connectivity index (χ4n) is 2.25. The predicted octanol–water partition coefficient (Wildman–Crippen LogP) is 5.68. The van der Waals surface area contributed by atoms with Crippen LogP contribution in [-0.4, -0.2) is 12.7 Å². The molecule has 0 aromatic heterocycles. The van der Waals surface area contributed by atoms with E-state index in [1.165, 1.54) is 32.1 Å². The van der Waals surface area contributed by atoms with Gasteiger partial charge in [-0.15, -0.1) is 0 Å². The molecule has 0 aliphatic heterocycles. The first-order valence-corrected chi connectivity index (χ1v) is 7.92. The summed E-state index contributed by atoms with van der Waals surface area (Å²) in [4.78, 5) is 0. The lowest BCUT2D eigenvalue weighted by Gasteiger charge is -2.33. The van der Waals surface area contributed by atoms with E-state index < -0.39 is 0 Å². The van der Waals surface area contributed by atoms with Crippen molar-refractivity contribution in [3.63, 3.8) is 0 Å². The SMILES string of the molecule is CCCC(C)CCOC(CC(C)CC)C(C)(C)C. The van der Waals surface area contributed by atoms with Crippen LogP contribution < -0.4 is 0 Å². The largest absolute Gasteiger partial charge is 0.378 e. The average molecular weight is 256 g/mol. The molecule has 1 heteroatoms. The Bertz CT molecular complexity index is 192. The highest BCUT2D eigenvalue weighted by Crippen LogP contribution is 2.29. The van der Waals surface area contributed by atoms with Crippen LogP contribution in [0.25, 0.3) is 0 Å². The van der Waals surface area contributed by atoms with Crippen molar-refractivity contribution >= 4 is 0 Å². The Morgan fingerprint density at radius 1 is 0.944 bits per heavy atom. The first kappa shape index (κ1) is 18.0. The van der Waals surface area contributed by atoms with Gasteiger partial charge in [-0.25, -0.2) is 0 Å². The molecule has 0 spiro atoms. The zero-order valence-electron chi connectivity index (χ0n) is 13.9. The Kier molecular flexibility index (Phi) is 8.94. The Morgan fingerprint density at radius 3 is 2.00 bits per heavy atom. The van der Waals surface area contributed by atoms with Crippen LogP contribution in [0.3, 0.4) is 0 Å². The van der Waals surface area contributed by atoms with Crippen LogP contribution in [0.1, 0.15) is 80.6 Å². The van der Waals surface area contributed by atoms with E-state index in [0.29, 0.717) is 6.10 Å². The van der Waals surface area contributed by atoms with Crippen LogP contribution in [0, 0.1) is 17.3 Å². The first-order valence-electron chi connectivity index (χ1n) is 7.92. The number of hydrogen-bond donors (Lipinski definition) is 0. The molecule has 0 amide bonds. The van der Waals surface area contributed by atoms with Crippen LogP contribution in [0.5, 0.6) is 0 Å². The molecule has 0 saturated heterocycles. The molecule has 0 radical (unpaired) electrons. The van der Waals surface area contributed by atoms with Gasteiger partial charge in [-0.3, -0.25) is 0 Å². The van der Waals surface area contributed by atoms with Gasteiger partial charge in [0, 0.05) is 6.61 Å². The summed E-state index contributed by atoms with van der Waals surface area (Å²) in [6, 6.07) is 0. The fraction of sp³-hybridized carbons (Fsp3) is 1.00. The van der Waals surface area contributed by atoms with Gasteiger partial charge in [0.15, 0.2) is 0 Å². The van der Waals surface area contributed by atoms with Gasteiger partial charge in [-0.2, -0.15) is 0 Å². The molecule has 0 saturated carbocycles. The molecule has 3 unspecified atom stereocenters. The Labute approximate surface area is 116 Å². The van der Waals surface area contributed by atoms with Crippen molar-refractivity contribution in [1.82, 2.24) is 0 Å². The lowest BCUT2D eigenvalue weighted by atomic mass is 9.83. The molecular formula is C17H36O. The smallest absolute Gasteiger partial charge is 0.0625 e. The second kappa shape index (κ2) is 8.96. The van der Waals surface area contributed by atoms with E-state index in [2.05, 4.69) is 48.5 Å². The van der Waals surface area contributed by atoms with Gasteiger partial charge >= 0.3 is 0 Å². The van der Waals surface area contributed by atoms with E-state index in [1.54, 1.807) is 0 Å². The quantitative estimate of drug-likeness (QED) is 0.515. The maximum Gasteiger partial charge on any atom is 0.0625 e. The van der Waals surface area contributed by atoms with Gasteiger partial charge in [0.05, 0.1) is 6.10 Å². The van der Waals surface area contributed by atoms with E-state index in [9.17, 15) is 0 Å². The lowest BCUT2D eigenvalue weighted by Crippen LogP contribution is -2.31. The molecule has 0 bridgehead atoms. The molecule has 0 aliphatic carbocycles. The third-order valence-electron chi connectivity index (χ3n) is 3.99. The van der Waals surface area contributed by atoms with Gasteiger partial charge < -0.3 is 4.74 Å². The van der Waals surface area contributed by atoms with Gasteiger partial charge in [-0.05, 0) is 30.1 Å². The number of rotatable bonds is 9. The second-order valence-corrected chi connectivity index (χ2v) is 7.16. The number of hydrogen-bond acceptors (Lipinski definition) is 1. The van der Waals surface area contributed by atoms with Crippen LogP contribution in [0.4, 0.5) is 0 Å². The summed E-state index contributed by atoms with van der Waals surface area (Å²) in [6.45, 7) is 17.0. The summed E-state index contributed by atoms with van der Waals surface area (Å²) in [5, 5.41) is 0. The van der Waals surface area contributed by atoms with Crippen molar-refractivity contribution in [2.24, 2.45) is 17.3 Å². The molecule has 1 nitrogen and oxygen atoms in total. The summed E-state index contributed by atoms with van der Waals surface area (Å²) in [6.07, 6.45) is 6.68. The van der Waals surface area contributed by atoms with Gasteiger partial charge in [0.2, 0.25) is 0 Å². The van der Waals surface area contributed by atoms with Crippen molar-refractivity contribution < 1.29 is 4.74 Å². The summed E-state index contributed by atoms with van der Waals surface area (Å²) in [7, 11) is 0. The summed E-state index contributed by atoms with van der Waals surface area (Å²) in [5.41, 5.74) is 0.261. The first-order chi connectivity index (χ1) is 8.31. The normalized spacial score (nSPS) is 17.5. The highest BCUT2D eigenvalue weighted by atomic mass is 16.5. The molecular weight excluding hydrogens is 220 g/mol. The van der Waals surface area contributed by atoms with Gasteiger partial charge in [0.25, 0.3) is 0 Å². The zero-order valence-corrected chi connectivity index (χ0v) is 13.9. The minimum atomic E-state index is 0.261. The highest BCUT2D eigenvalue weighted by Gasteiger charge is 2.26. The average Bonchev–Trinajstić information content (AvgIpc) is 2.26. The van der Waals surface area contributed by atoms with Crippen molar-refractivity contribution in [1.29, 1.82) is 0 Å². The Hall–Kier alpha value is -0.0400. The Balaban J connectivity index is 4.10. The molecule has 0 aliphatic rings. The third-order valence-corrected chi connectivity index (χ3v) is 3.99. The topological polar surface area (TPSA) is 9.23 Å². The van der Waals surface area contributed by atoms with E-state index in [0.717, 1.165) is 18.4 Å². The van der Waals surface area contributed by atoms with E-state index in [1.807, 2.05) is 0 Å². The summed E-state index contributed by atoms with van der Waals surface area (Å²) >= 11 is 0. The van der Waals surface area contributed by atoms with Crippen molar-refractivity contribution in [2.75, 3.05) is 6.61 Å². The maximum absolute atomic E-state index is 6.20. The molecule has 0 heterocycles. The maximum atomic E-state index is 6.20. The molecule has 0 fully saturated rings. The molecule has 0 N–H and O–H groups in total. The molecule has 3 atom stereocenters. The monoisotopic (exact) mass is 256 g/mol. The minimum Gasteiger partial charge on any atom is -0.378 e. The molecule has 0 aromatic carbocycles. The zero-order chi connectivity index (χ0) is 14.2. The summed E-state index contributed by atoms with van der Waals surface area (Å²) in [5.74, 6) is 1.57. The fourth-order valence-corrected chi connectivity index (χ4v) is 2.25.